The Morgan fingerprint density at radius 2 is 1.89 bits per heavy atom. The van der Waals surface area contributed by atoms with Gasteiger partial charge in [-0.3, -0.25) is 14.2 Å². The van der Waals surface area contributed by atoms with E-state index in [4.69, 9.17) is 4.42 Å². The van der Waals surface area contributed by atoms with Crippen LogP contribution < -0.4 is 10.9 Å². The predicted molar refractivity (Wildman–Crippen MR) is 111 cm³/mol. The van der Waals surface area contributed by atoms with Crippen LogP contribution in [0.15, 0.2) is 70.1 Å². The third kappa shape index (κ3) is 3.94. The van der Waals surface area contributed by atoms with Crippen molar-refractivity contribution in [3.05, 3.63) is 76.8 Å². The Balaban J connectivity index is 1.34. The van der Waals surface area contributed by atoms with E-state index >= 15 is 0 Å². The smallest absolute Gasteiger partial charge is 0.297 e. The molecule has 0 saturated carbocycles. The Morgan fingerprint density at radius 1 is 1.11 bits per heavy atom. The molecule has 0 radical (unpaired) electrons. The number of hydrogen-bond donors (Lipinski definition) is 1. The monoisotopic (exact) mass is 393 g/mol. The summed E-state index contributed by atoms with van der Waals surface area (Å²) in [4.78, 5) is 29.1. The van der Waals surface area contributed by atoms with E-state index in [0.29, 0.717) is 17.6 Å². The van der Waals surface area contributed by atoms with Crippen molar-refractivity contribution in [2.24, 2.45) is 0 Å². The molecule has 28 heavy (non-hydrogen) atoms. The number of amides is 1. The molecule has 0 atom stereocenters. The van der Waals surface area contributed by atoms with Gasteiger partial charge in [0, 0.05) is 23.4 Å². The molecule has 0 aliphatic rings. The Bertz CT molecular complexity index is 1170. The number of benzene rings is 2. The van der Waals surface area contributed by atoms with Crippen molar-refractivity contribution in [1.82, 2.24) is 14.9 Å². The zero-order valence-electron chi connectivity index (χ0n) is 15.1. The number of furan rings is 1. The van der Waals surface area contributed by atoms with Crippen LogP contribution in [0.4, 0.5) is 0 Å². The lowest BCUT2D eigenvalue weighted by molar-refractivity contribution is -0.121. The molecule has 4 aromatic rings. The molecular weight excluding hydrogens is 374 g/mol. The molecule has 0 unspecified atom stereocenters. The minimum absolute atomic E-state index is 0.0812. The number of carbonyl (C=O) groups is 1. The lowest BCUT2D eigenvalue weighted by Crippen LogP contribution is -2.33. The number of para-hydroxylation sites is 1. The highest BCUT2D eigenvalue weighted by Crippen LogP contribution is 2.23. The van der Waals surface area contributed by atoms with E-state index in [0.717, 1.165) is 16.9 Å². The first-order chi connectivity index (χ1) is 13.7. The van der Waals surface area contributed by atoms with Crippen molar-refractivity contribution in [2.45, 2.75) is 12.3 Å². The molecule has 0 aliphatic carbocycles. The summed E-state index contributed by atoms with van der Waals surface area (Å²) < 4.78 is 6.90. The molecule has 7 heteroatoms. The van der Waals surface area contributed by atoms with Gasteiger partial charge in [-0.1, -0.05) is 42.5 Å². The van der Waals surface area contributed by atoms with Crippen molar-refractivity contribution >= 4 is 39.7 Å². The largest absolute Gasteiger partial charge is 0.448 e. The molecular formula is C21H19N3O3S. The fourth-order valence-corrected chi connectivity index (χ4v) is 3.78. The predicted octanol–water partition coefficient (Wildman–Crippen LogP) is 3.19. The van der Waals surface area contributed by atoms with Crippen LogP contribution in [0.25, 0.3) is 22.1 Å². The number of hydrogen-bond acceptors (Lipinski definition) is 5. The Morgan fingerprint density at radius 3 is 2.75 bits per heavy atom. The number of carbonyl (C=O) groups excluding carboxylic acids is 1. The number of aromatic nitrogens is 2. The molecule has 2 aromatic carbocycles. The molecule has 6 nitrogen and oxygen atoms in total. The van der Waals surface area contributed by atoms with Gasteiger partial charge in [-0.2, -0.15) is 11.8 Å². The van der Waals surface area contributed by atoms with Gasteiger partial charge in [0.1, 0.15) is 17.6 Å². The lowest BCUT2D eigenvalue weighted by atomic mass is 10.2. The highest BCUT2D eigenvalue weighted by atomic mass is 32.2. The van der Waals surface area contributed by atoms with Gasteiger partial charge in [0.25, 0.3) is 5.56 Å². The lowest BCUT2D eigenvalue weighted by Gasteiger charge is -2.07. The van der Waals surface area contributed by atoms with Crippen LogP contribution in [-0.2, 0) is 17.1 Å². The van der Waals surface area contributed by atoms with E-state index in [-0.39, 0.29) is 23.6 Å². The summed E-state index contributed by atoms with van der Waals surface area (Å²) in [5.74, 6) is 1.49. The maximum absolute atomic E-state index is 12.6. The standard InChI is InChI=1S/C21H19N3O3S/c25-18(22-10-11-28-13-15-6-2-1-3-7-15)12-24-14-23-19-16-8-4-5-9-17(16)27-20(19)21(24)26/h1-9,14H,10-13H2,(H,22,25). The highest BCUT2D eigenvalue weighted by molar-refractivity contribution is 7.98. The van der Waals surface area contributed by atoms with Crippen LogP contribution in [0.3, 0.4) is 0 Å². The van der Waals surface area contributed by atoms with Crippen LogP contribution in [0.5, 0.6) is 0 Å². The van der Waals surface area contributed by atoms with Crippen LogP contribution in [0.2, 0.25) is 0 Å². The number of rotatable bonds is 7. The second-order valence-corrected chi connectivity index (χ2v) is 7.45. The van der Waals surface area contributed by atoms with Gasteiger partial charge in [-0.05, 0) is 17.7 Å². The summed E-state index contributed by atoms with van der Waals surface area (Å²) in [7, 11) is 0. The first kappa shape index (κ1) is 18.3. The minimum atomic E-state index is -0.352. The molecule has 142 valence electrons. The van der Waals surface area contributed by atoms with Gasteiger partial charge < -0.3 is 9.73 Å². The van der Waals surface area contributed by atoms with Gasteiger partial charge in [0.05, 0.1) is 6.33 Å². The summed E-state index contributed by atoms with van der Waals surface area (Å²) in [5.41, 5.74) is 2.22. The number of fused-ring (bicyclic) bond motifs is 3. The zero-order chi connectivity index (χ0) is 19.3. The Hall–Kier alpha value is -3.06. The van der Waals surface area contributed by atoms with Gasteiger partial charge in [-0.15, -0.1) is 0 Å². The van der Waals surface area contributed by atoms with Crippen molar-refractivity contribution in [3.63, 3.8) is 0 Å². The first-order valence-electron chi connectivity index (χ1n) is 8.97. The van der Waals surface area contributed by atoms with E-state index in [1.807, 2.05) is 36.4 Å². The molecule has 1 N–H and O–H groups in total. The van der Waals surface area contributed by atoms with E-state index in [9.17, 15) is 9.59 Å². The van der Waals surface area contributed by atoms with Crippen molar-refractivity contribution in [2.75, 3.05) is 12.3 Å². The van der Waals surface area contributed by atoms with Gasteiger partial charge in [0.2, 0.25) is 11.5 Å². The topological polar surface area (TPSA) is 77.1 Å². The quantitative estimate of drug-likeness (QED) is 0.488. The molecule has 0 bridgehead atoms. The van der Waals surface area contributed by atoms with Crippen LogP contribution in [0.1, 0.15) is 5.56 Å². The van der Waals surface area contributed by atoms with Crippen LogP contribution in [-0.4, -0.2) is 27.8 Å². The summed E-state index contributed by atoms with van der Waals surface area (Å²) in [6.45, 7) is 0.466. The summed E-state index contributed by atoms with van der Waals surface area (Å²) in [6.07, 6.45) is 1.40. The SMILES string of the molecule is O=C(Cn1cnc2c(oc3ccccc32)c1=O)NCCSCc1ccccc1. The maximum atomic E-state index is 12.6. The molecule has 2 aromatic heterocycles. The Labute approximate surface area is 165 Å². The van der Waals surface area contributed by atoms with Crippen molar-refractivity contribution in [3.8, 4) is 0 Å². The van der Waals surface area contributed by atoms with E-state index in [1.165, 1.54) is 16.5 Å². The van der Waals surface area contributed by atoms with Gasteiger partial charge in [0.15, 0.2) is 0 Å². The summed E-state index contributed by atoms with van der Waals surface area (Å²) >= 11 is 1.75. The average molecular weight is 393 g/mol. The molecule has 0 fully saturated rings. The maximum Gasteiger partial charge on any atom is 0.297 e. The molecule has 4 rings (SSSR count). The van der Waals surface area contributed by atoms with Crippen molar-refractivity contribution in [1.29, 1.82) is 0 Å². The Kier molecular flexibility index (Phi) is 5.43. The summed E-state index contributed by atoms with van der Waals surface area (Å²) in [6, 6.07) is 17.6. The molecule has 1 amide bonds. The van der Waals surface area contributed by atoms with Gasteiger partial charge in [-0.25, -0.2) is 4.98 Å². The van der Waals surface area contributed by atoms with E-state index < -0.39 is 0 Å². The molecule has 0 saturated heterocycles. The molecule has 2 heterocycles. The molecule has 0 aliphatic heterocycles. The van der Waals surface area contributed by atoms with Gasteiger partial charge >= 0.3 is 0 Å². The number of thioether (sulfide) groups is 1. The third-order valence-electron chi connectivity index (χ3n) is 4.34. The van der Waals surface area contributed by atoms with Crippen molar-refractivity contribution < 1.29 is 9.21 Å². The zero-order valence-corrected chi connectivity index (χ0v) is 15.9. The third-order valence-corrected chi connectivity index (χ3v) is 5.37. The normalized spacial score (nSPS) is 11.1. The number of nitrogens with zero attached hydrogens (tertiary/aromatic N) is 2. The second kappa shape index (κ2) is 8.31. The highest BCUT2D eigenvalue weighted by Gasteiger charge is 2.14. The number of nitrogens with one attached hydrogen (secondary N) is 1. The fourth-order valence-electron chi connectivity index (χ4n) is 2.97. The molecule has 0 spiro atoms. The van der Waals surface area contributed by atoms with E-state index in [2.05, 4.69) is 22.4 Å². The average Bonchev–Trinajstić information content (AvgIpc) is 3.10. The minimum Gasteiger partial charge on any atom is -0.448 e. The van der Waals surface area contributed by atoms with E-state index in [1.54, 1.807) is 17.8 Å². The second-order valence-electron chi connectivity index (χ2n) is 6.34. The summed E-state index contributed by atoms with van der Waals surface area (Å²) in [5, 5.41) is 3.63. The van der Waals surface area contributed by atoms with Crippen LogP contribution in [0, 0.1) is 0 Å². The van der Waals surface area contributed by atoms with Crippen LogP contribution >= 0.6 is 11.8 Å². The first-order valence-corrected chi connectivity index (χ1v) is 10.1. The fraction of sp³-hybridized carbons (Fsp3) is 0.190.